The number of aromatic carboxylic acids is 1. The van der Waals surface area contributed by atoms with Gasteiger partial charge in [0, 0.05) is 6.07 Å². The molecule has 3 heterocycles. The molecule has 0 saturated heterocycles. The number of nitrogens with zero attached hydrogens (tertiary/aromatic N) is 3. The Labute approximate surface area is 158 Å². The highest BCUT2D eigenvalue weighted by atomic mass is 19.4. The lowest BCUT2D eigenvalue weighted by atomic mass is 9.97. The van der Waals surface area contributed by atoms with Crippen LogP contribution < -0.4 is 0 Å². The van der Waals surface area contributed by atoms with Crippen LogP contribution in [0.5, 0.6) is 0 Å². The number of carboxylic acids is 1. The number of carbonyl (C=O) groups is 1. The summed E-state index contributed by atoms with van der Waals surface area (Å²) in [4.78, 5) is 14.8. The van der Waals surface area contributed by atoms with E-state index >= 15 is 0 Å². The maximum Gasteiger partial charge on any atom is 0.433 e. The standard InChI is InChI=1S/C12H6F3N3O3.C6H12N/c13-12(14,15)9-4-6(8-2-1-3-21-8)16-10-5-7(11(19)20)17-18(9)10;7-6-4-2-1-3-5-6/h1-5H,(H,19,20);6-7H,1-5H2/q;-1. The quantitative estimate of drug-likeness (QED) is 0.652. The molecule has 3 aromatic rings. The predicted molar refractivity (Wildman–Crippen MR) is 93.8 cm³/mol. The normalized spacial score (nSPS) is 15.3. The number of hydrogen-bond donors (Lipinski definition) is 1. The first-order valence-corrected chi connectivity index (χ1v) is 8.72. The number of aromatic nitrogens is 3. The Morgan fingerprint density at radius 1 is 1.25 bits per heavy atom. The van der Waals surface area contributed by atoms with Crippen LogP contribution in [0.2, 0.25) is 0 Å². The van der Waals surface area contributed by atoms with Crippen LogP contribution in [0.15, 0.2) is 34.9 Å². The van der Waals surface area contributed by atoms with Gasteiger partial charge in [-0.3, -0.25) is 0 Å². The summed E-state index contributed by atoms with van der Waals surface area (Å²) in [7, 11) is 0. The molecule has 28 heavy (non-hydrogen) atoms. The first-order valence-electron chi connectivity index (χ1n) is 8.72. The number of halogens is 3. The SMILES string of the molecule is O=C(O)c1cc2nc(-c3ccco3)cc(C(F)(F)F)n2n1.[NH-]C1CCCCC1. The van der Waals surface area contributed by atoms with Gasteiger partial charge >= 0.3 is 12.1 Å². The smallest absolute Gasteiger partial charge is 0.433 e. The topological polar surface area (TPSA) is 104 Å². The molecule has 1 saturated carbocycles. The second-order valence-corrected chi connectivity index (χ2v) is 6.44. The van der Waals surface area contributed by atoms with Crippen LogP contribution in [0, 0.1) is 0 Å². The molecule has 0 amide bonds. The highest BCUT2D eigenvalue weighted by Gasteiger charge is 2.35. The van der Waals surface area contributed by atoms with Crippen molar-refractivity contribution in [1.29, 1.82) is 0 Å². The maximum atomic E-state index is 13.1. The molecule has 2 N–H and O–H groups in total. The second kappa shape index (κ2) is 8.01. The molecule has 3 aromatic heterocycles. The van der Waals surface area contributed by atoms with Crippen molar-refractivity contribution in [1.82, 2.24) is 14.6 Å². The van der Waals surface area contributed by atoms with Crippen LogP contribution in [0.3, 0.4) is 0 Å². The predicted octanol–water partition coefficient (Wildman–Crippen LogP) is 5.08. The van der Waals surface area contributed by atoms with Gasteiger partial charge in [-0.05, 0) is 18.2 Å². The van der Waals surface area contributed by atoms with Gasteiger partial charge in [-0.25, -0.2) is 14.3 Å². The Balaban J connectivity index is 0.000000271. The van der Waals surface area contributed by atoms with Gasteiger partial charge in [-0.2, -0.15) is 18.3 Å². The highest BCUT2D eigenvalue weighted by Crippen LogP contribution is 2.32. The molecule has 1 aliphatic rings. The van der Waals surface area contributed by atoms with Crippen molar-refractivity contribution in [3.8, 4) is 11.5 Å². The molecule has 0 bridgehead atoms. The third kappa shape index (κ3) is 4.50. The summed E-state index contributed by atoms with van der Waals surface area (Å²) in [6.07, 6.45) is 2.86. The van der Waals surface area contributed by atoms with Gasteiger partial charge < -0.3 is 15.3 Å². The fourth-order valence-corrected chi connectivity index (χ4v) is 2.93. The van der Waals surface area contributed by atoms with Gasteiger partial charge in [0.05, 0.1) is 6.26 Å². The summed E-state index contributed by atoms with van der Waals surface area (Å²) in [5.74, 6) is -1.30. The Morgan fingerprint density at radius 3 is 2.46 bits per heavy atom. The summed E-state index contributed by atoms with van der Waals surface area (Å²) in [5, 5.41) is 12.2. The van der Waals surface area contributed by atoms with Crippen LogP contribution in [0.4, 0.5) is 13.2 Å². The van der Waals surface area contributed by atoms with Gasteiger partial charge in [-0.15, -0.1) is 6.04 Å². The first kappa shape index (κ1) is 19.9. The zero-order valence-corrected chi connectivity index (χ0v) is 14.7. The van der Waals surface area contributed by atoms with E-state index in [1.165, 1.54) is 37.7 Å². The van der Waals surface area contributed by atoms with Gasteiger partial charge in [0.25, 0.3) is 0 Å². The molecule has 7 nitrogen and oxygen atoms in total. The second-order valence-electron chi connectivity index (χ2n) is 6.44. The van der Waals surface area contributed by atoms with E-state index in [1.807, 2.05) is 0 Å². The zero-order valence-electron chi connectivity index (χ0n) is 14.7. The molecule has 0 aromatic carbocycles. The number of hydrogen-bond acceptors (Lipinski definition) is 4. The average Bonchev–Trinajstić information content (AvgIpc) is 3.31. The minimum atomic E-state index is -4.72. The molecule has 150 valence electrons. The lowest BCUT2D eigenvalue weighted by molar-refractivity contribution is -0.142. The molecule has 0 radical (unpaired) electrons. The summed E-state index contributed by atoms with van der Waals surface area (Å²) in [5.41, 5.74) is 5.33. The monoisotopic (exact) mass is 395 g/mol. The molecule has 0 atom stereocenters. The minimum Gasteiger partial charge on any atom is -0.675 e. The lowest BCUT2D eigenvalue weighted by Crippen LogP contribution is -2.14. The summed E-state index contributed by atoms with van der Waals surface area (Å²) in [6.45, 7) is 0. The lowest BCUT2D eigenvalue weighted by Gasteiger charge is -2.23. The van der Waals surface area contributed by atoms with Gasteiger partial charge in [0.15, 0.2) is 22.8 Å². The van der Waals surface area contributed by atoms with Crippen LogP contribution in [0.25, 0.3) is 22.8 Å². The fourth-order valence-electron chi connectivity index (χ4n) is 2.93. The van der Waals surface area contributed by atoms with Crippen molar-refractivity contribution in [3.05, 3.63) is 47.7 Å². The van der Waals surface area contributed by atoms with Gasteiger partial charge in [0.1, 0.15) is 5.69 Å². The van der Waals surface area contributed by atoms with Crippen LogP contribution in [0.1, 0.15) is 48.3 Å². The first-order chi connectivity index (χ1) is 13.3. The number of fused-ring (bicyclic) bond motifs is 1. The summed E-state index contributed by atoms with van der Waals surface area (Å²) >= 11 is 0. The minimum absolute atomic E-state index is 0.0586. The third-order valence-electron chi connectivity index (χ3n) is 4.32. The summed E-state index contributed by atoms with van der Waals surface area (Å²) in [6, 6.07) is 4.96. The van der Waals surface area contributed by atoms with Crippen molar-refractivity contribution in [2.24, 2.45) is 0 Å². The molecule has 4 rings (SSSR count). The Kier molecular flexibility index (Phi) is 5.68. The molecule has 0 spiro atoms. The Hall–Kier alpha value is -2.88. The molecule has 0 unspecified atom stereocenters. The van der Waals surface area contributed by atoms with Gasteiger partial charge in [0.2, 0.25) is 0 Å². The van der Waals surface area contributed by atoms with E-state index in [2.05, 4.69) is 10.1 Å². The number of alkyl halides is 3. The van der Waals surface area contributed by atoms with E-state index in [4.69, 9.17) is 15.3 Å². The van der Waals surface area contributed by atoms with E-state index in [1.54, 1.807) is 0 Å². The maximum absolute atomic E-state index is 13.1. The molecular formula is C18H18F3N4O3-. The Bertz CT molecular complexity index is 945. The van der Waals surface area contributed by atoms with Crippen molar-refractivity contribution in [2.75, 3.05) is 0 Å². The van der Waals surface area contributed by atoms with Crippen LogP contribution in [-0.2, 0) is 6.18 Å². The molecule has 1 aliphatic carbocycles. The zero-order chi connectivity index (χ0) is 20.3. The molecule has 1 fully saturated rings. The van der Waals surface area contributed by atoms with Crippen molar-refractivity contribution < 1.29 is 27.5 Å². The van der Waals surface area contributed by atoms with Crippen molar-refractivity contribution >= 4 is 11.6 Å². The average molecular weight is 395 g/mol. The van der Waals surface area contributed by atoms with Crippen LogP contribution in [-0.4, -0.2) is 31.7 Å². The largest absolute Gasteiger partial charge is 0.675 e. The van der Waals surface area contributed by atoms with Crippen molar-refractivity contribution in [3.63, 3.8) is 0 Å². The summed E-state index contributed by atoms with van der Waals surface area (Å²) < 4.78 is 44.7. The molecule has 0 aliphatic heterocycles. The van der Waals surface area contributed by atoms with Gasteiger partial charge in [-0.1, -0.05) is 32.1 Å². The van der Waals surface area contributed by atoms with E-state index < -0.39 is 23.5 Å². The van der Waals surface area contributed by atoms with Crippen LogP contribution >= 0.6 is 0 Å². The number of carboxylic acid groups (broad SMARTS) is 1. The molecule has 10 heteroatoms. The molecular weight excluding hydrogens is 377 g/mol. The fraction of sp³-hybridized carbons (Fsp3) is 0.389. The number of rotatable bonds is 2. The van der Waals surface area contributed by atoms with E-state index in [0.717, 1.165) is 25.0 Å². The van der Waals surface area contributed by atoms with E-state index in [-0.39, 0.29) is 23.1 Å². The Morgan fingerprint density at radius 2 is 1.96 bits per heavy atom. The number of furan rings is 1. The third-order valence-corrected chi connectivity index (χ3v) is 4.32. The number of nitrogens with one attached hydrogen (secondary N) is 1. The van der Waals surface area contributed by atoms with Crippen molar-refractivity contribution in [2.45, 2.75) is 44.3 Å². The van der Waals surface area contributed by atoms with E-state index in [9.17, 15) is 18.0 Å². The highest BCUT2D eigenvalue weighted by molar-refractivity contribution is 5.86. The van der Waals surface area contributed by atoms with E-state index in [0.29, 0.717) is 4.52 Å².